The van der Waals surface area contributed by atoms with Gasteiger partial charge in [0.25, 0.3) is 0 Å². The Hall–Kier alpha value is -1.46. The van der Waals surface area contributed by atoms with Gasteiger partial charge in [-0.3, -0.25) is 9.29 Å². The second-order valence-electron chi connectivity index (χ2n) is 6.43. The van der Waals surface area contributed by atoms with Crippen LogP contribution in [0.25, 0.3) is 0 Å². The van der Waals surface area contributed by atoms with E-state index in [1.54, 1.807) is 26.6 Å². The minimum Gasteiger partial charge on any atom is -0.383 e. The van der Waals surface area contributed by atoms with Crippen LogP contribution in [-0.4, -0.2) is 64.0 Å². The molecule has 3 atom stereocenters. The average Bonchev–Trinajstić information content (AvgIpc) is 3.36. The van der Waals surface area contributed by atoms with E-state index in [4.69, 9.17) is 25.8 Å². The predicted octanol–water partition coefficient (Wildman–Crippen LogP) is 2.71. The lowest BCUT2D eigenvalue weighted by atomic mass is 10.1. The number of ether oxygens (including phenoxy) is 3. The van der Waals surface area contributed by atoms with E-state index in [1.165, 1.54) is 11.9 Å². The molecule has 3 rings (SSSR count). The lowest BCUT2D eigenvalue weighted by Gasteiger charge is -2.21. The fourth-order valence-corrected chi connectivity index (χ4v) is 3.91. The Kier molecular flexibility index (Phi) is 7.86. The van der Waals surface area contributed by atoms with Crippen molar-refractivity contribution in [2.24, 2.45) is 0 Å². The third-order valence-electron chi connectivity index (χ3n) is 4.50. The molecule has 1 saturated heterocycles. The van der Waals surface area contributed by atoms with Crippen LogP contribution in [0.1, 0.15) is 37.0 Å². The Morgan fingerprint density at radius 1 is 1.36 bits per heavy atom. The van der Waals surface area contributed by atoms with Gasteiger partial charge in [-0.2, -0.15) is 0 Å². The zero-order valence-electron chi connectivity index (χ0n) is 16.2. The number of methoxy groups -OCH3 is 2. The van der Waals surface area contributed by atoms with Crippen molar-refractivity contribution >= 4 is 29.5 Å². The van der Waals surface area contributed by atoms with Crippen LogP contribution in [0.3, 0.4) is 0 Å². The van der Waals surface area contributed by atoms with Gasteiger partial charge in [-0.05, 0) is 25.3 Å². The zero-order valence-corrected chi connectivity index (χ0v) is 17.7. The molecule has 1 aliphatic heterocycles. The van der Waals surface area contributed by atoms with Crippen LogP contribution in [0.4, 0.5) is 5.95 Å². The summed E-state index contributed by atoms with van der Waals surface area (Å²) in [6.07, 6.45) is 3.79. The van der Waals surface area contributed by atoms with Crippen LogP contribution in [-0.2, 0) is 20.8 Å². The topological polar surface area (TPSA) is 96.2 Å². The second kappa shape index (κ2) is 10.4. The van der Waals surface area contributed by atoms with E-state index in [0.29, 0.717) is 36.6 Å². The molecule has 0 saturated carbocycles. The molecule has 1 N–H and O–H groups in total. The maximum Gasteiger partial charge on any atom is 0.234 e. The average molecular weight is 429 g/mol. The van der Waals surface area contributed by atoms with Gasteiger partial charge in [-0.1, -0.05) is 11.6 Å². The number of anilines is 1. The van der Waals surface area contributed by atoms with Crippen molar-refractivity contribution < 1.29 is 14.2 Å². The van der Waals surface area contributed by atoms with Crippen LogP contribution in [0.2, 0.25) is 5.02 Å². The molecule has 1 fully saturated rings. The molecule has 28 heavy (non-hydrogen) atoms. The van der Waals surface area contributed by atoms with Gasteiger partial charge in [0.1, 0.15) is 11.9 Å². The summed E-state index contributed by atoms with van der Waals surface area (Å²) in [7, 11) is 3.32. The largest absolute Gasteiger partial charge is 0.383 e. The Labute approximate surface area is 173 Å². The van der Waals surface area contributed by atoms with E-state index < -0.39 is 0 Å². The Morgan fingerprint density at radius 3 is 2.79 bits per heavy atom. The monoisotopic (exact) mass is 428 g/mol. The van der Waals surface area contributed by atoms with Crippen molar-refractivity contribution in [3.8, 4) is 0 Å². The first-order valence-electron chi connectivity index (χ1n) is 9.05. The number of hydrogen-bond donors (Lipinski definition) is 1. The maximum absolute atomic E-state index is 5.88. The molecule has 11 heteroatoms. The normalized spacial score (nSPS) is 18.9. The molecule has 0 spiro atoms. The third kappa shape index (κ3) is 5.12. The molecule has 0 bridgehead atoms. The van der Waals surface area contributed by atoms with Gasteiger partial charge in [-0.25, -0.2) is 9.97 Å². The predicted molar refractivity (Wildman–Crippen MR) is 108 cm³/mol. The number of halogens is 1. The van der Waals surface area contributed by atoms with E-state index in [2.05, 4.69) is 29.5 Å². The van der Waals surface area contributed by atoms with Crippen LogP contribution in [0, 0.1) is 0 Å². The molecule has 0 amide bonds. The van der Waals surface area contributed by atoms with Crippen molar-refractivity contribution in [3.63, 3.8) is 0 Å². The highest BCUT2D eigenvalue weighted by Gasteiger charge is 2.27. The number of nitrogens with zero attached hydrogens (tertiary/aromatic N) is 5. The molecule has 2 aromatic rings. The van der Waals surface area contributed by atoms with E-state index in [1.807, 2.05) is 6.92 Å². The molecule has 0 aliphatic carbocycles. The molecular formula is C17H25ClN6O3S. The summed E-state index contributed by atoms with van der Waals surface area (Å²) in [5.74, 6) is 2.45. The van der Waals surface area contributed by atoms with Crippen LogP contribution in [0.5, 0.6) is 0 Å². The summed E-state index contributed by atoms with van der Waals surface area (Å²) < 4.78 is 21.7. The SMILES string of the molecule is COCCn1c(NSC(C)C(OC)c2ncc(Cl)cn2)nnc1C1CCOC1. The molecule has 3 heterocycles. The van der Waals surface area contributed by atoms with Crippen LogP contribution >= 0.6 is 23.5 Å². The van der Waals surface area contributed by atoms with Crippen molar-refractivity contribution in [3.05, 3.63) is 29.1 Å². The molecule has 9 nitrogen and oxygen atoms in total. The highest BCUT2D eigenvalue weighted by molar-refractivity contribution is 8.01. The first kappa shape index (κ1) is 21.3. The van der Waals surface area contributed by atoms with Gasteiger partial charge >= 0.3 is 0 Å². The van der Waals surface area contributed by atoms with Crippen molar-refractivity contribution in [2.75, 3.05) is 38.8 Å². The molecule has 0 aromatic carbocycles. The van der Waals surface area contributed by atoms with Gasteiger partial charge in [0.2, 0.25) is 5.95 Å². The summed E-state index contributed by atoms with van der Waals surface area (Å²) in [6.45, 7) is 4.71. The molecule has 0 radical (unpaired) electrons. The Morgan fingerprint density at radius 2 is 2.14 bits per heavy atom. The smallest absolute Gasteiger partial charge is 0.234 e. The fourth-order valence-electron chi connectivity index (χ4n) is 3.02. The highest BCUT2D eigenvalue weighted by atomic mass is 35.5. The molecule has 1 aliphatic rings. The van der Waals surface area contributed by atoms with Gasteiger partial charge in [0.05, 0.1) is 30.0 Å². The van der Waals surface area contributed by atoms with Crippen molar-refractivity contribution in [1.82, 2.24) is 24.7 Å². The lowest BCUT2D eigenvalue weighted by molar-refractivity contribution is 0.0972. The van der Waals surface area contributed by atoms with Crippen LogP contribution in [0.15, 0.2) is 12.4 Å². The fraction of sp³-hybridized carbons (Fsp3) is 0.647. The first-order chi connectivity index (χ1) is 13.6. The number of rotatable bonds is 10. The number of aromatic nitrogens is 5. The van der Waals surface area contributed by atoms with Gasteiger partial charge < -0.3 is 14.2 Å². The summed E-state index contributed by atoms with van der Waals surface area (Å²) in [5, 5.41) is 9.23. The summed E-state index contributed by atoms with van der Waals surface area (Å²) in [6, 6.07) is 0. The Balaban J connectivity index is 1.69. The van der Waals surface area contributed by atoms with E-state index >= 15 is 0 Å². The summed E-state index contributed by atoms with van der Waals surface area (Å²) in [5.41, 5.74) is 0. The third-order valence-corrected chi connectivity index (χ3v) is 5.62. The lowest BCUT2D eigenvalue weighted by Crippen LogP contribution is -2.19. The van der Waals surface area contributed by atoms with Crippen molar-refractivity contribution in [1.29, 1.82) is 0 Å². The first-order valence-corrected chi connectivity index (χ1v) is 10.3. The summed E-state index contributed by atoms with van der Waals surface area (Å²) in [4.78, 5) is 8.53. The number of hydrogen-bond acceptors (Lipinski definition) is 9. The van der Waals surface area contributed by atoms with Crippen LogP contribution < -0.4 is 4.72 Å². The Bertz CT molecular complexity index is 741. The van der Waals surface area contributed by atoms with E-state index in [0.717, 1.165) is 18.9 Å². The van der Waals surface area contributed by atoms with E-state index in [-0.39, 0.29) is 17.3 Å². The maximum atomic E-state index is 5.88. The van der Waals surface area contributed by atoms with Gasteiger partial charge in [0.15, 0.2) is 5.82 Å². The highest BCUT2D eigenvalue weighted by Crippen LogP contribution is 2.30. The van der Waals surface area contributed by atoms with Crippen molar-refractivity contribution in [2.45, 2.75) is 37.2 Å². The summed E-state index contributed by atoms with van der Waals surface area (Å²) >= 11 is 7.36. The molecule has 154 valence electrons. The molecule has 3 unspecified atom stereocenters. The quantitative estimate of drug-likeness (QED) is 0.573. The minimum absolute atomic E-state index is 0.0111. The zero-order chi connectivity index (χ0) is 19.9. The molecular weight excluding hydrogens is 404 g/mol. The van der Waals surface area contributed by atoms with E-state index in [9.17, 15) is 0 Å². The standard InChI is InChI=1S/C17H25ClN6O3S/c1-11(14(26-3)15-19-8-13(18)9-20-15)28-23-17-22-21-16(12-4-6-27-10-12)24(17)5-7-25-2/h8-9,11-12,14H,4-7,10H2,1-3H3,(H,22,23). The second-order valence-corrected chi connectivity index (χ2v) is 8.05. The van der Waals surface area contributed by atoms with Gasteiger partial charge in [0, 0.05) is 39.1 Å². The molecule has 2 aromatic heterocycles. The van der Waals surface area contributed by atoms with Gasteiger partial charge in [-0.15, -0.1) is 10.2 Å². The minimum atomic E-state index is -0.298. The number of nitrogens with one attached hydrogen (secondary N) is 1.